The average molecular weight is 436 g/mol. The van der Waals surface area contributed by atoms with Gasteiger partial charge in [-0.15, -0.1) is 24.0 Å². The minimum absolute atomic E-state index is 0. The van der Waals surface area contributed by atoms with Crippen molar-refractivity contribution < 1.29 is 0 Å². The van der Waals surface area contributed by atoms with Crippen LogP contribution in [-0.4, -0.2) is 12.5 Å². The zero-order valence-electron chi connectivity index (χ0n) is 11.8. The number of halogens is 2. The predicted molar refractivity (Wildman–Crippen MR) is 103 cm³/mol. The highest BCUT2D eigenvalue weighted by molar-refractivity contribution is 14.0. The standard InChI is InChI=1S/C15H18ClN3S.HI/c1-2-17-15(19-10-13-7-8-20-11-13)18-9-12-3-5-14(16)6-4-12;/h3-8,11H,2,9-10H2,1H3,(H2,17,18,19);1H. The third-order valence-electron chi connectivity index (χ3n) is 2.72. The third-order valence-corrected chi connectivity index (χ3v) is 3.70. The maximum atomic E-state index is 5.88. The summed E-state index contributed by atoms with van der Waals surface area (Å²) in [7, 11) is 0. The van der Waals surface area contributed by atoms with Crippen LogP contribution in [0, 0.1) is 0 Å². The monoisotopic (exact) mass is 435 g/mol. The van der Waals surface area contributed by atoms with Crippen LogP contribution in [-0.2, 0) is 13.1 Å². The molecule has 3 nitrogen and oxygen atoms in total. The largest absolute Gasteiger partial charge is 0.357 e. The summed E-state index contributed by atoms with van der Waals surface area (Å²) in [5, 5.41) is 11.5. The van der Waals surface area contributed by atoms with Crippen LogP contribution in [0.4, 0.5) is 0 Å². The molecule has 2 aromatic rings. The summed E-state index contributed by atoms with van der Waals surface area (Å²) in [6, 6.07) is 9.91. The lowest BCUT2D eigenvalue weighted by Gasteiger charge is -2.11. The van der Waals surface area contributed by atoms with Crippen LogP contribution in [0.3, 0.4) is 0 Å². The molecule has 2 N–H and O–H groups in total. The van der Waals surface area contributed by atoms with E-state index in [4.69, 9.17) is 11.6 Å². The summed E-state index contributed by atoms with van der Waals surface area (Å²) in [6.45, 7) is 4.33. The van der Waals surface area contributed by atoms with Gasteiger partial charge in [-0.1, -0.05) is 23.7 Å². The van der Waals surface area contributed by atoms with Gasteiger partial charge >= 0.3 is 0 Å². The number of benzene rings is 1. The minimum atomic E-state index is 0. The molecule has 0 unspecified atom stereocenters. The van der Waals surface area contributed by atoms with Crippen molar-refractivity contribution in [2.45, 2.75) is 20.0 Å². The summed E-state index contributed by atoms with van der Waals surface area (Å²) in [5.41, 5.74) is 2.41. The molecule has 0 radical (unpaired) electrons. The lowest BCUT2D eigenvalue weighted by Crippen LogP contribution is -2.36. The Kier molecular flexibility index (Phi) is 8.72. The van der Waals surface area contributed by atoms with E-state index in [0.29, 0.717) is 6.54 Å². The number of hydrogen-bond donors (Lipinski definition) is 2. The van der Waals surface area contributed by atoms with Crippen molar-refractivity contribution in [3.8, 4) is 0 Å². The molecule has 1 aromatic heterocycles. The van der Waals surface area contributed by atoms with E-state index in [1.165, 1.54) is 11.1 Å². The number of guanidine groups is 1. The van der Waals surface area contributed by atoms with Crippen LogP contribution in [0.5, 0.6) is 0 Å². The molecule has 0 spiro atoms. The molecule has 0 fully saturated rings. The smallest absolute Gasteiger partial charge is 0.191 e. The van der Waals surface area contributed by atoms with E-state index >= 15 is 0 Å². The molecule has 0 saturated heterocycles. The Balaban J connectivity index is 0.00000220. The van der Waals surface area contributed by atoms with Gasteiger partial charge in [-0.05, 0) is 47.0 Å². The normalized spacial score (nSPS) is 10.9. The van der Waals surface area contributed by atoms with E-state index in [9.17, 15) is 0 Å². The Labute approximate surface area is 151 Å². The summed E-state index contributed by atoms with van der Waals surface area (Å²) in [4.78, 5) is 4.56. The van der Waals surface area contributed by atoms with E-state index in [0.717, 1.165) is 24.1 Å². The van der Waals surface area contributed by atoms with Crippen molar-refractivity contribution in [1.29, 1.82) is 0 Å². The van der Waals surface area contributed by atoms with Gasteiger partial charge in [0.05, 0.1) is 6.54 Å². The van der Waals surface area contributed by atoms with Gasteiger partial charge in [0.1, 0.15) is 0 Å². The van der Waals surface area contributed by atoms with Gasteiger partial charge in [0.25, 0.3) is 0 Å². The SMILES string of the molecule is CCNC(=NCc1ccsc1)NCc1ccc(Cl)cc1.I. The molecule has 0 bridgehead atoms. The molecule has 2 rings (SSSR count). The molecule has 114 valence electrons. The van der Waals surface area contributed by atoms with Crippen LogP contribution < -0.4 is 10.6 Å². The molecule has 1 aromatic carbocycles. The van der Waals surface area contributed by atoms with E-state index in [2.05, 4.69) is 39.4 Å². The lowest BCUT2D eigenvalue weighted by atomic mass is 10.2. The molecular formula is C15H19ClIN3S. The Morgan fingerprint density at radius 1 is 1.14 bits per heavy atom. The highest BCUT2D eigenvalue weighted by Gasteiger charge is 1.99. The van der Waals surface area contributed by atoms with Crippen LogP contribution in [0.2, 0.25) is 5.02 Å². The first kappa shape index (κ1) is 18.3. The molecule has 0 amide bonds. The predicted octanol–water partition coefficient (Wildman–Crippen LogP) is 4.27. The number of nitrogens with one attached hydrogen (secondary N) is 2. The van der Waals surface area contributed by atoms with E-state index in [-0.39, 0.29) is 24.0 Å². The molecule has 0 aliphatic rings. The van der Waals surface area contributed by atoms with Crippen molar-refractivity contribution in [2.75, 3.05) is 6.54 Å². The van der Waals surface area contributed by atoms with Gasteiger partial charge in [0, 0.05) is 18.1 Å². The van der Waals surface area contributed by atoms with Crippen LogP contribution >= 0.6 is 46.9 Å². The minimum Gasteiger partial charge on any atom is -0.357 e. The number of aliphatic imine (C=N–C) groups is 1. The highest BCUT2D eigenvalue weighted by atomic mass is 127. The quantitative estimate of drug-likeness (QED) is 0.418. The Bertz CT molecular complexity index is 541. The van der Waals surface area contributed by atoms with Crippen LogP contribution in [0.25, 0.3) is 0 Å². The zero-order valence-corrected chi connectivity index (χ0v) is 15.7. The second-order valence-corrected chi connectivity index (χ2v) is 5.52. The molecule has 0 saturated carbocycles. The second-order valence-electron chi connectivity index (χ2n) is 4.31. The molecule has 0 aliphatic heterocycles. The number of nitrogens with zero attached hydrogens (tertiary/aromatic N) is 1. The van der Waals surface area contributed by atoms with Gasteiger partial charge in [-0.25, -0.2) is 4.99 Å². The van der Waals surface area contributed by atoms with Crippen molar-refractivity contribution in [1.82, 2.24) is 10.6 Å². The van der Waals surface area contributed by atoms with Crippen molar-refractivity contribution >= 4 is 52.9 Å². The maximum Gasteiger partial charge on any atom is 0.191 e. The van der Waals surface area contributed by atoms with Gasteiger partial charge in [-0.3, -0.25) is 0 Å². The highest BCUT2D eigenvalue weighted by Crippen LogP contribution is 2.09. The summed E-state index contributed by atoms with van der Waals surface area (Å²) in [6.07, 6.45) is 0. The first-order valence-electron chi connectivity index (χ1n) is 6.55. The van der Waals surface area contributed by atoms with Crippen molar-refractivity contribution in [3.05, 3.63) is 57.2 Å². The number of thiophene rings is 1. The summed E-state index contributed by atoms with van der Waals surface area (Å²) in [5.74, 6) is 0.827. The Morgan fingerprint density at radius 2 is 1.90 bits per heavy atom. The summed E-state index contributed by atoms with van der Waals surface area (Å²) < 4.78 is 0. The maximum absolute atomic E-state index is 5.88. The second kappa shape index (κ2) is 10.0. The number of rotatable bonds is 5. The lowest BCUT2D eigenvalue weighted by molar-refractivity contribution is 0.816. The fourth-order valence-corrected chi connectivity index (χ4v) is 2.47. The van der Waals surface area contributed by atoms with E-state index in [1.807, 2.05) is 24.3 Å². The van der Waals surface area contributed by atoms with Gasteiger partial charge in [0.15, 0.2) is 5.96 Å². The third kappa shape index (κ3) is 6.67. The fourth-order valence-electron chi connectivity index (χ4n) is 1.68. The molecule has 21 heavy (non-hydrogen) atoms. The Morgan fingerprint density at radius 3 is 2.52 bits per heavy atom. The molecule has 0 atom stereocenters. The van der Waals surface area contributed by atoms with Crippen LogP contribution in [0.1, 0.15) is 18.1 Å². The Hall–Kier alpha value is -0.790. The molecule has 0 aliphatic carbocycles. The zero-order chi connectivity index (χ0) is 14.2. The molecule has 6 heteroatoms. The van der Waals surface area contributed by atoms with E-state index < -0.39 is 0 Å². The van der Waals surface area contributed by atoms with Gasteiger partial charge < -0.3 is 10.6 Å². The summed E-state index contributed by atoms with van der Waals surface area (Å²) >= 11 is 7.57. The van der Waals surface area contributed by atoms with E-state index in [1.54, 1.807) is 11.3 Å². The molecular weight excluding hydrogens is 417 g/mol. The molecule has 1 heterocycles. The van der Waals surface area contributed by atoms with Gasteiger partial charge in [-0.2, -0.15) is 11.3 Å². The first-order chi connectivity index (χ1) is 9.78. The number of hydrogen-bond acceptors (Lipinski definition) is 2. The van der Waals surface area contributed by atoms with Crippen molar-refractivity contribution in [3.63, 3.8) is 0 Å². The van der Waals surface area contributed by atoms with Gasteiger partial charge in [0.2, 0.25) is 0 Å². The average Bonchev–Trinajstić information content (AvgIpc) is 2.97. The topological polar surface area (TPSA) is 36.4 Å². The fraction of sp³-hybridized carbons (Fsp3) is 0.267. The first-order valence-corrected chi connectivity index (χ1v) is 7.87. The van der Waals surface area contributed by atoms with Crippen molar-refractivity contribution in [2.24, 2.45) is 4.99 Å². The van der Waals surface area contributed by atoms with Crippen LogP contribution in [0.15, 0.2) is 46.1 Å².